The zero-order valence-electron chi connectivity index (χ0n) is 29.1. The van der Waals surface area contributed by atoms with Gasteiger partial charge in [0.15, 0.2) is 12.1 Å². The van der Waals surface area contributed by atoms with Crippen LogP contribution >= 0.6 is 0 Å². The zero-order valence-corrected chi connectivity index (χ0v) is 29.1. The molecule has 0 aliphatic rings. The molecule has 0 aromatic heterocycles. The Balaban J connectivity index is 4.46. The number of unbranched alkanes of at least 4 members (excludes halogenated alkanes) is 15. The average Bonchev–Trinajstić information content (AvgIpc) is 2.96. The van der Waals surface area contributed by atoms with Crippen LogP contribution in [0.15, 0.2) is 12.2 Å². The minimum atomic E-state index is -0.877. The molecule has 0 amide bonds. The Labute approximate surface area is 269 Å². The minimum absolute atomic E-state index is 0.0512. The first-order chi connectivity index (χ1) is 21.1. The average molecular weight is 627 g/mol. The number of hydrogen-bond acceptors (Lipinski definition) is 6. The van der Waals surface area contributed by atoms with Crippen LogP contribution in [0.2, 0.25) is 0 Å². The van der Waals surface area contributed by atoms with Crippen LogP contribution in [0.25, 0.3) is 0 Å². The van der Waals surface area contributed by atoms with Crippen LogP contribution in [-0.2, 0) is 28.6 Å². The van der Waals surface area contributed by atoms with Gasteiger partial charge in [-0.05, 0) is 32.1 Å². The van der Waals surface area contributed by atoms with Gasteiger partial charge in [-0.2, -0.15) is 0 Å². The Hall–Kier alpha value is -1.93. The monoisotopic (exact) mass is 626 g/mol. The van der Waals surface area contributed by atoms with Gasteiger partial charge in [-0.25, -0.2) is 4.79 Å². The van der Waals surface area contributed by atoms with Crippen molar-refractivity contribution < 1.29 is 38.2 Å². The number of carboxylic acids is 1. The second-order valence-corrected chi connectivity index (χ2v) is 13.1. The van der Waals surface area contributed by atoms with Crippen LogP contribution in [0.5, 0.6) is 0 Å². The molecular weight excluding hydrogens is 558 g/mol. The quantitative estimate of drug-likeness (QED) is 0.0357. The summed E-state index contributed by atoms with van der Waals surface area (Å²) in [6.07, 6.45) is 25.4. The highest BCUT2D eigenvalue weighted by Gasteiger charge is 2.31. The van der Waals surface area contributed by atoms with Gasteiger partial charge < -0.3 is 23.8 Å². The third kappa shape index (κ3) is 26.5. The van der Waals surface area contributed by atoms with E-state index < -0.39 is 18.1 Å². The topological polar surface area (TPSA) is 99.1 Å². The van der Waals surface area contributed by atoms with Crippen LogP contribution < -0.4 is 0 Å². The lowest BCUT2D eigenvalue weighted by molar-refractivity contribution is -0.887. The van der Waals surface area contributed by atoms with Crippen molar-refractivity contribution in [3.63, 3.8) is 0 Å². The first kappa shape index (κ1) is 42.1. The standard InChI is InChI=1S/C36H67NO7/c1-6-8-10-12-14-16-17-19-20-22-24-26-34(38)43-31-32(30-42-29-28-33(36(40)41)37(3,4)5)44-35(39)27-25-23-21-18-15-13-11-9-7-2/h12,14,32-33H,6-11,13,15-31H2,1-5H3/p+1/b14-12+. The van der Waals surface area contributed by atoms with E-state index in [1.165, 1.54) is 64.2 Å². The van der Waals surface area contributed by atoms with Crippen molar-refractivity contribution in [2.45, 2.75) is 161 Å². The van der Waals surface area contributed by atoms with Gasteiger partial charge in [0, 0.05) is 19.3 Å². The Morgan fingerprint density at radius 3 is 1.70 bits per heavy atom. The molecule has 2 unspecified atom stereocenters. The molecule has 8 nitrogen and oxygen atoms in total. The summed E-state index contributed by atoms with van der Waals surface area (Å²) in [6, 6.07) is -0.609. The number of ether oxygens (including phenoxy) is 3. The molecule has 0 heterocycles. The highest BCUT2D eigenvalue weighted by Crippen LogP contribution is 2.13. The number of carbonyl (C=O) groups is 3. The van der Waals surface area contributed by atoms with Crippen LogP contribution in [0.1, 0.15) is 149 Å². The molecule has 1 N–H and O–H groups in total. The number of allylic oxidation sites excluding steroid dienone is 2. The summed E-state index contributed by atoms with van der Waals surface area (Å²) in [5, 5.41) is 9.54. The number of esters is 2. The molecule has 0 radical (unpaired) electrons. The van der Waals surface area contributed by atoms with Gasteiger partial charge in [-0.3, -0.25) is 9.59 Å². The molecule has 0 bridgehead atoms. The molecule has 8 heteroatoms. The predicted octanol–water partition coefficient (Wildman–Crippen LogP) is 8.41. The van der Waals surface area contributed by atoms with Crippen molar-refractivity contribution >= 4 is 17.9 Å². The van der Waals surface area contributed by atoms with Crippen molar-refractivity contribution in [1.29, 1.82) is 0 Å². The molecule has 0 rings (SSSR count). The molecule has 0 saturated heterocycles. The summed E-state index contributed by atoms with van der Waals surface area (Å²) in [5.41, 5.74) is 0. The summed E-state index contributed by atoms with van der Waals surface area (Å²) < 4.78 is 17.1. The van der Waals surface area contributed by atoms with E-state index in [0.29, 0.717) is 19.3 Å². The second kappa shape index (κ2) is 28.5. The lowest BCUT2D eigenvalue weighted by Crippen LogP contribution is -2.50. The fraction of sp³-hybridized carbons (Fsp3) is 0.861. The fourth-order valence-electron chi connectivity index (χ4n) is 5.07. The van der Waals surface area contributed by atoms with E-state index in [1.54, 1.807) is 0 Å². The Morgan fingerprint density at radius 1 is 0.659 bits per heavy atom. The van der Waals surface area contributed by atoms with E-state index in [0.717, 1.165) is 51.4 Å². The number of carbonyl (C=O) groups excluding carboxylic acids is 2. The molecule has 0 aliphatic carbocycles. The number of likely N-dealkylation sites (N-methyl/N-ethyl adjacent to an activating group) is 1. The van der Waals surface area contributed by atoms with Crippen molar-refractivity contribution in [3.05, 3.63) is 12.2 Å². The highest BCUT2D eigenvalue weighted by atomic mass is 16.6. The molecule has 0 spiro atoms. The second-order valence-electron chi connectivity index (χ2n) is 13.1. The molecule has 0 aromatic carbocycles. The van der Waals surface area contributed by atoms with Gasteiger partial charge in [-0.1, -0.05) is 109 Å². The third-order valence-electron chi connectivity index (χ3n) is 7.91. The van der Waals surface area contributed by atoms with Gasteiger partial charge in [0.2, 0.25) is 0 Å². The summed E-state index contributed by atoms with van der Waals surface area (Å²) in [6.45, 7) is 4.65. The maximum Gasteiger partial charge on any atom is 0.362 e. The summed E-state index contributed by atoms with van der Waals surface area (Å²) in [4.78, 5) is 36.6. The van der Waals surface area contributed by atoms with Crippen LogP contribution in [0, 0.1) is 0 Å². The van der Waals surface area contributed by atoms with E-state index in [-0.39, 0.29) is 36.2 Å². The zero-order chi connectivity index (χ0) is 32.9. The van der Waals surface area contributed by atoms with E-state index in [2.05, 4.69) is 26.0 Å². The number of carboxylic acid groups (broad SMARTS) is 1. The normalized spacial score (nSPS) is 13.2. The number of quaternary nitrogens is 1. The predicted molar refractivity (Wildman–Crippen MR) is 179 cm³/mol. The minimum Gasteiger partial charge on any atom is -0.477 e. The Bertz CT molecular complexity index is 747. The van der Waals surface area contributed by atoms with Crippen molar-refractivity contribution in [2.75, 3.05) is 41.0 Å². The summed E-state index contributed by atoms with van der Waals surface area (Å²) in [7, 11) is 5.51. The molecule has 0 aliphatic heterocycles. The van der Waals surface area contributed by atoms with E-state index >= 15 is 0 Å². The van der Waals surface area contributed by atoms with Crippen molar-refractivity contribution in [1.82, 2.24) is 0 Å². The fourth-order valence-corrected chi connectivity index (χ4v) is 5.07. The molecule has 44 heavy (non-hydrogen) atoms. The van der Waals surface area contributed by atoms with Gasteiger partial charge in [-0.15, -0.1) is 0 Å². The molecule has 0 saturated carbocycles. The van der Waals surface area contributed by atoms with Gasteiger partial charge in [0.25, 0.3) is 0 Å². The first-order valence-corrected chi connectivity index (χ1v) is 17.7. The summed E-state index contributed by atoms with van der Waals surface area (Å²) in [5.74, 6) is -1.48. The Morgan fingerprint density at radius 2 is 1.16 bits per heavy atom. The maximum atomic E-state index is 12.5. The smallest absolute Gasteiger partial charge is 0.362 e. The lowest BCUT2D eigenvalue weighted by Gasteiger charge is -2.31. The van der Waals surface area contributed by atoms with Crippen LogP contribution in [0.4, 0.5) is 0 Å². The van der Waals surface area contributed by atoms with Gasteiger partial charge >= 0.3 is 17.9 Å². The SMILES string of the molecule is CCCC/C=C/CCCCCCCC(=O)OCC(COCCC(C(=O)O)[N+](C)(C)C)OC(=O)CCCCCCCCCCC. The third-order valence-corrected chi connectivity index (χ3v) is 7.91. The number of aliphatic carboxylic acids is 1. The Kier molecular flexibility index (Phi) is 27.3. The number of rotatable bonds is 31. The first-order valence-electron chi connectivity index (χ1n) is 17.7. The largest absolute Gasteiger partial charge is 0.477 e. The summed E-state index contributed by atoms with van der Waals surface area (Å²) >= 11 is 0. The maximum absolute atomic E-state index is 12.5. The molecule has 2 atom stereocenters. The molecular formula is C36H68NO7+. The molecule has 258 valence electrons. The van der Waals surface area contributed by atoms with E-state index in [9.17, 15) is 19.5 Å². The van der Waals surface area contributed by atoms with Crippen molar-refractivity contribution in [2.24, 2.45) is 0 Å². The number of nitrogens with zero attached hydrogens (tertiary/aromatic N) is 1. The lowest BCUT2D eigenvalue weighted by atomic mass is 10.1. The highest BCUT2D eigenvalue weighted by molar-refractivity contribution is 5.72. The van der Waals surface area contributed by atoms with E-state index in [1.807, 2.05) is 21.1 Å². The van der Waals surface area contributed by atoms with Gasteiger partial charge in [0.1, 0.15) is 6.61 Å². The van der Waals surface area contributed by atoms with Crippen molar-refractivity contribution in [3.8, 4) is 0 Å². The van der Waals surface area contributed by atoms with E-state index in [4.69, 9.17) is 14.2 Å². The van der Waals surface area contributed by atoms with Crippen LogP contribution in [-0.4, -0.2) is 80.6 Å². The van der Waals surface area contributed by atoms with Crippen LogP contribution in [0.3, 0.4) is 0 Å². The number of hydrogen-bond donors (Lipinski definition) is 1. The van der Waals surface area contributed by atoms with Gasteiger partial charge in [0.05, 0.1) is 34.4 Å². The molecule has 0 fully saturated rings. The molecule has 0 aromatic rings.